The Morgan fingerprint density at radius 3 is 2.45 bits per heavy atom. The molecule has 0 saturated carbocycles. The Balaban J connectivity index is 2.97. The van der Waals surface area contributed by atoms with E-state index in [1.807, 2.05) is 0 Å². The molecule has 1 amide bonds. The summed E-state index contributed by atoms with van der Waals surface area (Å²) in [7, 11) is 1.45. The van der Waals surface area contributed by atoms with Gasteiger partial charge < -0.3 is 9.53 Å². The zero-order valence-electron chi connectivity index (χ0n) is 12.4. The predicted octanol–water partition coefficient (Wildman–Crippen LogP) is 3.24. The zero-order chi connectivity index (χ0) is 15.5. The molecular weight excluding hydrogens is 261 g/mol. The molecule has 0 aliphatic carbocycles. The van der Waals surface area contributed by atoms with E-state index in [1.165, 1.54) is 13.1 Å². The lowest BCUT2D eigenvalue weighted by Crippen LogP contribution is -2.37. The molecule has 0 aliphatic rings. The summed E-state index contributed by atoms with van der Waals surface area (Å²) in [4.78, 5) is 24.3. The van der Waals surface area contributed by atoms with Crippen LogP contribution in [0.25, 0.3) is 0 Å². The number of likely N-dealkylation sites (N-methyl/N-ethyl adjacent to an activating group) is 1. The van der Waals surface area contributed by atoms with Crippen LogP contribution in [-0.2, 0) is 9.53 Å². The van der Waals surface area contributed by atoms with Crippen LogP contribution in [0.5, 0.6) is 0 Å². The van der Waals surface area contributed by atoms with E-state index >= 15 is 0 Å². The average Bonchev–Trinajstić information content (AvgIpc) is 2.32. The van der Waals surface area contributed by atoms with Gasteiger partial charge in [-0.2, -0.15) is 0 Å². The molecule has 0 fully saturated rings. The molecule has 0 aliphatic heterocycles. The van der Waals surface area contributed by atoms with Gasteiger partial charge in [-0.1, -0.05) is 12.1 Å². The van der Waals surface area contributed by atoms with Gasteiger partial charge in [-0.05, 0) is 44.9 Å². The second-order valence-corrected chi connectivity index (χ2v) is 5.68. The predicted molar refractivity (Wildman–Crippen MR) is 73.9 cm³/mol. The molecule has 0 spiro atoms. The lowest BCUT2D eigenvalue weighted by Gasteiger charge is -2.28. The Labute approximate surface area is 118 Å². The smallest absolute Gasteiger partial charge is 0.410 e. The first-order chi connectivity index (χ1) is 9.15. The Kier molecular flexibility index (Phi) is 4.87. The fourth-order valence-corrected chi connectivity index (χ4v) is 1.63. The van der Waals surface area contributed by atoms with Crippen LogP contribution in [0.15, 0.2) is 18.2 Å². The highest BCUT2D eigenvalue weighted by molar-refractivity contribution is 5.74. The fraction of sp³-hybridized carbons (Fsp3) is 0.467. The van der Waals surface area contributed by atoms with Crippen LogP contribution < -0.4 is 0 Å². The number of rotatable bonds is 3. The molecule has 0 heterocycles. The van der Waals surface area contributed by atoms with E-state index in [0.29, 0.717) is 17.4 Å². The van der Waals surface area contributed by atoms with Gasteiger partial charge in [0.25, 0.3) is 0 Å². The number of carbonyl (C=O) groups excluding carboxylic acids is 2. The second kappa shape index (κ2) is 6.03. The highest BCUT2D eigenvalue weighted by Gasteiger charge is 2.26. The molecule has 1 rings (SSSR count). The quantitative estimate of drug-likeness (QED) is 0.799. The highest BCUT2D eigenvalue weighted by atomic mass is 19.1. The first kappa shape index (κ1) is 16.1. The Bertz CT molecular complexity index is 508. The molecule has 1 aromatic rings. The van der Waals surface area contributed by atoms with E-state index in [0.717, 1.165) is 4.90 Å². The van der Waals surface area contributed by atoms with E-state index in [1.54, 1.807) is 39.8 Å². The molecule has 0 radical (unpaired) electrons. The summed E-state index contributed by atoms with van der Waals surface area (Å²) in [5.41, 5.74) is 0.242. The number of aldehydes is 1. The van der Waals surface area contributed by atoms with Crippen LogP contribution in [0.4, 0.5) is 9.18 Å². The van der Waals surface area contributed by atoms with Gasteiger partial charge in [0.05, 0.1) is 0 Å². The molecule has 1 aromatic carbocycles. The maximum Gasteiger partial charge on any atom is 0.410 e. The van der Waals surface area contributed by atoms with Crippen molar-refractivity contribution in [2.75, 3.05) is 7.05 Å². The number of hydrogen-bond acceptors (Lipinski definition) is 3. The lowest BCUT2D eigenvalue weighted by atomic mass is 10.0. The first-order valence-corrected chi connectivity index (χ1v) is 6.33. The van der Waals surface area contributed by atoms with E-state index in [-0.39, 0.29) is 0 Å². The number of halogens is 1. The van der Waals surface area contributed by atoms with Crippen LogP contribution in [0.3, 0.4) is 0 Å². The van der Waals surface area contributed by atoms with Gasteiger partial charge in [-0.3, -0.25) is 4.90 Å². The number of nitrogens with zero attached hydrogens (tertiary/aromatic N) is 1. The first-order valence-electron chi connectivity index (χ1n) is 6.33. The highest BCUT2D eigenvalue weighted by Crippen LogP contribution is 2.22. The Morgan fingerprint density at radius 1 is 1.40 bits per heavy atom. The third-order valence-corrected chi connectivity index (χ3v) is 2.77. The maximum absolute atomic E-state index is 13.6. The van der Waals surface area contributed by atoms with Gasteiger partial charge in [0.15, 0.2) is 0 Å². The lowest BCUT2D eigenvalue weighted by molar-refractivity contribution is -0.112. The van der Waals surface area contributed by atoms with Crippen molar-refractivity contribution < 1.29 is 18.7 Å². The van der Waals surface area contributed by atoms with Crippen molar-refractivity contribution in [3.63, 3.8) is 0 Å². The van der Waals surface area contributed by atoms with Crippen LogP contribution in [-0.4, -0.2) is 29.9 Å². The van der Waals surface area contributed by atoms with Crippen molar-refractivity contribution in [3.8, 4) is 0 Å². The van der Waals surface area contributed by atoms with Gasteiger partial charge in [-0.25, -0.2) is 9.18 Å². The monoisotopic (exact) mass is 281 g/mol. The molecular formula is C15H20FNO3. The van der Waals surface area contributed by atoms with Crippen molar-refractivity contribution in [1.82, 2.24) is 4.90 Å². The standard InChI is InChI=1S/C15H20FNO3/c1-10-6-7-11(8-12(10)16)13(9-18)17(5)14(19)20-15(2,3)4/h6-9,13H,1-5H3. The van der Waals surface area contributed by atoms with E-state index in [9.17, 15) is 14.0 Å². The van der Waals surface area contributed by atoms with Crippen LogP contribution in [0.2, 0.25) is 0 Å². The molecule has 0 bridgehead atoms. The zero-order valence-corrected chi connectivity index (χ0v) is 12.4. The summed E-state index contributed by atoms with van der Waals surface area (Å²) in [6.07, 6.45) is -0.0378. The third-order valence-electron chi connectivity index (χ3n) is 2.77. The molecule has 1 atom stereocenters. The number of amides is 1. The molecule has 0 N–H and O–H groups in total. The maximum atomic E-state index is 13.6. The number of carbonyl (C=O) groups is 2. The summed E-state index contributed by atoms with van der Waals surface area (Å²) in [5, 5.41) is 0. The van der Waals surface area contributed by atoms with Gasteiger partial charge in [0, 0.05) is 7.05 Å². The molecule has 20 heavy (non-hydrogen) atoms. The Morgan fingerprint density at radius 2 is 2.00 bits per heavy atom. The fourth-order valence-electron chi connectivity index (χ4n) is 1.63. The van der Waals surface area contributed by atoms with Crippen LogP contribution in [0, 0.1) is 12.7 Å². The largest absolute Gasteiger partial charge is 0.444 e. The molecule has 0 aromatic heterocycles. The number of ether oxygens (including phenoxy) is 1. The van der Waals surface area contributed by atoms with E-state index < -0.39 is 23.6 Å². The van der Waals surface area contributed by atoms with Crippen molar-refractivity contribution in [1.29, 1.82) is 0 Å². The number of aryl methyl sites for hydroxylation is 1. The van der Waals surface area contributed by atoms with Crippen molar-refractivity contribution >= 4 is 12.4 Å². The molecule has 4 nitrogen and oxygen atoms in total. The van der Waals surface area contributed by atoms with Crippen LogP contribution in [0.1, 0.15) is 37.9 Å². The third kappa shape index (κ3) is 4.05. The molecule has 1 unspecified atom stereocenters. The minimum Gasteiger partial charge on any atom is -0.444 e. The summed E-state index contributed by atoms with van der Waals surface area (Å²) in [5.74, 6) is -0.410. The second-order valence-electron chi connectivity index (χ2n) is 5.68. The molecule has 5 heteroatoms. The summed E-state index contributed by atoms with van der Waals surface area (Å²) in [6.45, 7) is 6.84. The minimum absolute atomic E-state index is 0.410. The van der Waals surface area contributed by atoms with Gasteiger partial charge in [0.2, 0.25) is 0 Å². The van der Waals surface area contributed by atoms with Gasteiger partial charge in [-0.15, -0.1) is 0 Å². The normalized spacial score (nSPS) is 12.7. The summed E-state index contributed by atoms with van der Waals surface area (Å²) < 4.78 is 18.8. The van der Waals surface area contributed by atoms with Crippen LogP contribution >= 0.6 is 0 Å². The van der Waals surface area contributed by atoms with Crippen molar-refractivity contribution in [2.45, 2.75) is 39.3 Å². The van der Waals surface area contributed by atoms with E-state index in [2.05, 4.69) is 0 Å². The Hall–Kier alpha value is -1.91. The summed E-state index contributed by atoms with van der Waals surface area (Å²) >= 11 is 0. The van der Waals surface area contributed by atoms with Gasteiger partial charge >= 0.3 is 6.09 Å². The number of hydrogen-bond donors (Lipinski definition) is 0. The number of benzene rings is 1. The van der Waals surface area contributed by atoms with E-state index in [4.69, 9.17) is 4.74 Å². The molecule has 0 saturated heterocycles. The molecule has 110 valence electrons. The van der Waals surface area contributed by atoms with Crippen molar-refractivity contribution in [2.24, 2.45) is 0 Å². The topological polar surface area (TPSA) is 46.6 Å². The average molecular weight is 281 g/mol. The summed E-state index contributed by atoms with van der Waals surface area (Å²) in [6, 6.07) is 3.58. The minimum atomic E-state index is -0.875. The van der Waals surface area contributed by atoms with Crippen molar-refractivity contribution in [3.05, 3.63) is 35.1 Å². The van der Waals surface area contributed by atoms with Gasteiger partial charge in [0.1, 0.15) is 23.7 Å². The SMILES string of the molecule is Cc1ccc(C(C=O)N(C)C(=O)OC(C)(C)C)cc1F.